The summed E-state index contributed by atoms with van der Waals surface area (Å²) in [6.07, 6.45) is 4.63. The number of nitrogens with one attached hydrogen (secondary N) is 1. The third-order valence-corrected chi connectivity index (χ3v) is 18.9. The number of fused-ring (bicyclic) bond motifs is 10. The average Bonchev–Trinajstić information content (AvgIpc) is 4.04. The van der Waals surface area contributed by atoms with Crippen molar-refractivity contribution in [1.29, 1.82) is 0 Å². The van der Waals surface area contributed by atoms with Gasteiger partial charge in [0, 0.05) is 49.7 Å². The van der Waals surface area contributed by atoms with E-state index in [9.17, 15) is 0 Å². The minimum Gasteiger partial charge on any atom is -0.456 e. The summed E-state index contributed by atoms with van der Waals surface area (Å²) in [6.45, 7) is 33.5. The summed E-state index contributed by atoms with van der Waals surface area (Å²) in [5.74, 6) is 0. The van der Waals surface area contributed by atoms with E-state index >= 15 is 0 Å². The van der Waals surface area contributed by atoms with Crippen LogP contribution in [-0.2, 0) is 32.5 Å². The molecular formula is C72H75BN2O. The van der Waals surface area contributed by atoms with Gasteiger partial charge in [-0.1, -0.05) is 181 Å². The second-order valence-corrected chi connectivity index (χ2v) is 28.0. The Morgan fingerprint density at radius 3 is 1.64 bits per heavy atom. The van der Waals surface area contributed by atoms with E-state index in [4.69, 9.17) is 4.42 Å². The van der Waals surface area contributed by atoms with E-state index < -0.39 is 0 Å². The van der Waals surface area contributed by atoms with Crippen molar-refractivity contribution in [1.82, 2.24) is 4.57 Å². The van der Waals surface area contributed by atoms with E-state index in [1.165, 1.54) is 105 Å². The molecular weight excluding hydrogens is 920 g/mol. The highest BCUT2D eigenvalue weighted by molar-refractivity contribution is 6.73. The number of nitrogens with zero attached hydrogens (tertiary/aromatic N) is 1. The molecule has 0 fully saturated rings. The van der Waals surface area contributed by atoms with Crippen molar-refractivity contribution in [2.75, 3.05) is 5.32 Å². The maximum absolute atomic E-state index is 7.21. The van der Waals surface area contributed by atoms with Gasteiger partial charge in [-0.2, -0.15) is 0 Å². The molecule has 0 unspecified atom stereocenters. The fraction of sp³-hybridized carbons (Fsp3) is 0.333. The molecule has 0 bridgehead atoms. The second kappa shape index (κ2) is 16.4. The highest BCUT2D eigenvalue weighted by Gasteiger charge is 2.41. The molecule has 4 heteroatoms. The maximum atomic E-state index is 7.21. The standard InChI is InChI=1S/C72H75BN2O/c1-67(2,3)43-24-27-45(28-25-43)74-59-38-50-49-36-54-57(72(13,14)33-31-69(54,7)8)41-63(49)76-62(50)39-48(59)52-35-51(47-23-19-18-22-46(47)42-20-16-15-17-21-42)64-53-37-55-56(71(11,12)32-30-70(55,9)10)40-61(53)75-60-29-26-44(68(4,5)6)34-58(60)73-65(52)66(64)75/h15-29,34-41,73-74H,30-33H2,1-14H3. The summed E-state index contributed by atoms with van der Waals surface area (Å²) in [5, 5.41) is 9.09. The fourth-order valence-electron chi connectivity index (χ4n) is 13.8. The molecule has 0 amide bonds. The zero-order valence-corrected chi connectivity index (χ0v) is 47.7. The Labute approximate surface area is 452 Å². The first-order chi connectivity index (χ1) is 35.9. The van der Waals surface area contributed by atoms with Crippen LogP contribution in [0.2, 0.25) is 0 Å². The lowest BCUT2D eigenvalue weighted by Crippen LogP contribution is -2.38. The smallest absolute Gasteiger partial charge is 0.198 e. The fourth-order valence-corrected chi connectivity index (χ4v) is 13.8. The molecule has 0 saturated heterocycles. The Morgan fingerprint density at radius 1 is 0.474 bits per heavy atom. The quantitative estimate of drug-likeness (QED) is 0.174. The third kappa shape index (κ3) is 7.58. The Bertz CT molecular complexity index is 4050. The summed E-state index contributed by atoms with van der Waals surface area (Å²) in [6, 6.07) is 54.1. The van der Waals surface area contributed by atoms with Crippen LogP contribution >= 0.6 is 0 Å². The zero-order valence-electron chi connectivity index (χ0n) is 47.7. The molecule has 2 aromatic heterocycles. The van der Waals surface area contributed by atoms with Crippen molar-refractivity contribution in [2.45, 2.75) is 155 Å². The summed E-state index contributed by atoms with van der Waals surface area (Å²) in [4.78, 5) is 0. The van der Waals surface area contributed by atoms with E-state index in [1.54, 1.807) is 0 Å². The van der Waals surface area contributed by atoms with Gasteiger partial charge in [-0.05, 0) is 185 Å². The van der Waals surface area contributed by atoms with Crippen molar-refractivity contribution in [2.24, 2.45) is 0 Å². The number of hydrogen-bond donors (Lipinski definition) is 1. The van der Waals surface area contributed by atoms with Crippen molar-refractivity contribution >= 4 is 73.3 Å². The van der Waals surface area contributed by atoms with E-state index in [0.717, 1.165) is 66.5 Å². The van der Waals surface area contributed by atoms with E-state index in [0.29, 0.717) is 0 Å². The van der Waals surface area contributed by atoms with Crippen LogP contribution in [0.1, 0.15) is 156 Å². The first-order valence-electron chi connectivity index (χ1n) is 28.3. The molecule has 0 radical (unpaired) electrons. The molecule has 10 aromatic rings. The largest absolute Gasteiger partial charge is 0.456 e. The Morgan fingerprint density at radius 2 is 1.01 bits per heavy atom. The van der Waals surface area contributed by atoms with Crippen LogP contribution in [0.25, 0.3) is 82.8 Å². The molecule has 3 nitrogen and oxygen atoms in total. The summed E-state index contributed by atoms with van der Waals surface area (Å²) >= 11 is 0. The lowest BCUT2D eigenvalue weighted by Gasteiger charge is -2.42. The van der Waals surface area contributed by atoms with Crippen LogP contribution in [0.3, 0.4) is 0 Å². The van der Waals surface area contributed by atoms with E-state index in [1.807, 2.05) is 0 Å². The number of benzene rings is 8. The molecule has 1 N–H and O–H groups in total. The monoisotopic (exact) mass is 995 g/mol. The van der Waals surface area contributed by atoms with Crippen LogP contribution in [0.4, 0.5) is 11.4 Å². The van der Waals surface area contributed by atoms with Crippen molar-refractivity contribution in [3.63, 3.8) is 0 Å². The molecule has 2 aliphatic carbocycles. The molecule has 0 saturated carbocycles. The van der Waals surface area contributed by atoms with Crippen LogP contribution in [0, 0.1) is 0 Å². The molecule has 1 aliphatic heterocycles. The number of rotatable bonds is 5. The van der Waals surface area contributed by atoms with E-state index in [-0.39, 0.29) is 32.5 Å². The van der Waals surface area contributed by atoms with Gasteiger partial charge in [0.2, 0.25) is 0 Å². The predicted molar refractivity (Wildman–Crippen MR) is 328 cm³/mol. The zero-order chi connectivity index (χ0) is 53.2. The molecule has 76 heavy (non-hydrogen) atoms. The number of anilines is 2. The van der Waals surface area contributed by atoms with Crippen LogP contribution < -0.4 is 16.2 Å². The molecule has 0 atom stereocenters. The minimum absolute atomic E-state index is 0.0124. The topological polar surface area (TPSA) is 30.1 Å². The SMILES string of the molecule is CC(C)(C)c1ccc(Nc2cc3c(cc2-c2cc(-c4ccccc4-c4ccccc4)c4c5cc6c(cc5n5c4c2Bc2cc(C(C)(C)C)ccc2-5)C(C)(C)CCC6(C)C)oc2cc4c(cc23)C(C)(C)CCC4(C)C)cc1. The highest BCUT2D eigenvalue weighted by Crippen LogP contribution is 2.53. The van der Waals surface area contributed by atoms with Crippen molar-refractivity contribution in [3.8, 4) is 39.1 Å². The van der Waals surface area contributed by atoms with Crippen molar-refractivity contribution < 1.29 is 4.42 Å². The van der Waals surface area contributed by atoms with Gasteiger partial charge < -0.3 is 14.3 Å². The first-order valence-corrected chi connectivity index (χ1v) is 28.3. The molecule has 13 rings (SSSR count). The van der Waals surface area contributed by atoms with Crippen LogP contribution in [0.15, 0.2) is 144 Å². The molecule has 0 spiro atoms. The maximum Gasteiger partial charge on any atom is 0.198 e. The molecule has 3 aliphatic rings. The van der Waals surface area contributed by atoms with Crippen LogP contribution in [0.5, 0.6) is 0 Å². The van der Waals surface area contributed by atoms with Gasteiger partial charge in [0.05, 0.1) is 5.52 Å². The number of furan rings is 1. The normalized spacial score (nSPS) is 17.1. The summed E-state index contributed by atoms with van der Waals surface area (Å²) < 4.78 is 9.90. The highest BCUT2D eigenvalue weighted by atomic mass is 16.3. The van der Waals surface area contributed by atoms with Gasteiger partial charge >= 0.3 is 0 Å². The molecule has 382 valence electrons. The molecule has 8 aromatic carbocycles. The summed E-state index contributed by atoms with van der Waals surface area (Å²) in [5.41, 5.74) is 26.6. The lowest BCUT2D eigenvalue weighted by molar-refractivity contribution is 0.332. The van der Waals surface area contributed by atoms with E-state index in [2.05, 4.69) is 246 Å². The van der Waals surface area contributed by atoms with Crippen molar-refractivity contribution in [3.05, 3.63) is 173 Å². The van der Waals surface area contributed by atoms with Gasteiger partial charge in [0.15, 0.2) is 7.28 Å². The number of hydrogen-bond acceptors (Lipinski definition) is 2. The van der Waals surface area contributed by atoms with Gasteiger partial charge in [-0.3, -0.25) is 0 Å². The third-order valence-electron chi connectivity index (χ3n) is 18.9. The Kier molecular flexibility index (Phi) is 10.5. The lowest BCUT2D eigenvalue weighted by atomic mass is 9.58. The average molecular weight is 995 g/mol. The Balaban J connectivity index is 1.19. The van der Waals surface area contributed by atoms with Gasteiger partial charge in [-0.25, -0.2) is 0 Å². The van der Waals surface area contributed by atoms with Gasteiger partial charge in [-0.15, -0.1) is 0 Å². The van der Waals surface area contributed by atoms with Crippen LogP contribution in [-0.4, -0.2) is 11.8 Å². The first kappa shape index (κ1) is 48.8. The predicted octanol–water partition coefficient (Wildman–Crippen LogP) is 18.4. The molecule has 3 heterocycles. The Hall–Kier alpha value is -6.78. The van der Waals surface area contributed by atoms with Gasteiger partial charge in [0.1, 0.15) is 11.2 Å². The minimum atomic E-state index is -0.0124. The van der Waals surface area contributed by atoms with Gasteiger partial charge in [0.25, 0.3) is 0 Å². The second-order valence-electron chi connectivity index (χ2n) is 28.0. The summed E-state index contributed by atoms with van der Waals surface area (Å²) in [7, 11) is 0.799. The number of aromatic nitrogens is 1.